The number of aromatic nitrogens is 2. The summed E-state index contributed by atoms with van der Waals surface area (Å²) in [5.41, 5.74) is 1.72. The van der Waals surface area contributed by atoms with Gasteiger partial charge in [-0.3, -0.25) is 14.5 Å². The van der Waals surface area contributed by atoms with Gasteiger partial charge in [0.1, 0.15) is 12.1 Å². The molecule has 0 saturated carbocycles. The first-order valence-corrected chi connectivity index (χ1v) is 11.7. The summed E-state index contributed by atoms with van der Waals surface area (Å²) in [5.74, 6) is -0.0564. The Hall–Kier alpha value is -3.20. The van der Waals surface area contributed by atoms with E-state index < -0.39 is 17.5 Å². The van der Waals surface area contributed by atoms with Gasteiger partial charge in [-0.05, 0) is 44.4 Å². The van der Waals surface area contributed by atoms with E-state index in [1.54, 1.807) is 18.7 Å². The van der Waals surface area contributed by atoms with Gasteiger partial charge in [0, 0.05) is 49.9 Å². The van der Waals surface area contributed by atoms with Crippen LogP contribution in [-0.4, -0.2) is 76.9 Å². The molecule has 1 unspecified atom stereocenters. The number of rotatable bonds is 5. The van der Waals surface area contributed by atoms with Gasteiger partial charge >= 0.3 is 6.03 Å². The fourth-order valence-electron chi connectivity index (χ4n) is 4.39. The second-order valence-electron chi connectivity index (χ2n) is 9.50. The first kappa shape index (κ1) is 23.9. The molecule has 0 radical (unpaired) electrons. The zero-order valence-corrected chi connectivity index (χ0v) is 20.6. The lowest BCUT2D eigenvalue weighted by molar-refractivity contribution is -0.139. The van der Waals surface area contributed by atoms with Gasteiger partial charge in [-0.2, -0.15) is 0 Å². The first-order valence-electron chi connectivity index (χ1n) is 11.3. The Labute approximate surface area is 204 Å². The zero-order chi connectivity index (χ0) is 24.6. The number of hydrogen-bond acceptors (Lipinski definition) is 6. The van der Waals surface area contributed by atoms with E-state index in [9.17, 15) is 14.4 Å². The maximum Gasteiger partial charge on any atom is 0.325 e. The van der Waals surface area contributed by atoms with E-state index in [1.807, 2.05) is 49.5 Å². The largest absolute Gasteiger partial charge is 0.347 e. The van der Waals surface area contributed by atoms with Crippen LogP contribution in [0.25, 0.3) is 11.1 Å². The standard InChI is InChI=1S/C24H29ClN6O3/c1-24(2)21(33)31(23(34)28-24)14-19(32)30-11-5-6-16(13-30)20-18(12-26-22(27-20)29(3)4)15-7-9-17(25)10-8-15/h7-10,12,16H,5-6,11,13-14H2,1-4H3,(H,28,34). The number of amides is 4. The molecule has 4 amide bonds. The molecule has 2 aromatic rings. The summed E-state index contributed by atoms with van der Waals surface area (Å²) in [6.07, 6.45) is 3.48. The minimum Gasteiger partial charge on any atom is -0.347 e. The van der Waals surface area contributed by atoms with Crippen molar-refractivity contribution in [2.24, 2.45) is 0 Å². The number of urea groups is 1. The lowest BCUT2D eigenvalue weighted by Gasteiger charge is -2.34. The lowest BCUT2D eigenvalue weighted by Crippen LogP contribution is -2.47. The molecule has 2 fully saturated rings. The highest BCUT2D eigenvalue weighted by Gasteiger charge is 2.45. The second-order valence-corrected chi connectivity index (χ2v) is 9.93. The van der Waals surface area contributed by atoms with Gasteiger partial charge in [0.15, 0.2) is 0 Å². The first-order chi connectivity index (χ1) is 16.1. The van der Waals surface area contributed by atoms with Crippen LogP contribution < -0.4 is 10.2 Å². The molecular weight excluding hydrogens is 456 g/mol. The molecule has 1 aromatic heterocycles. The van der Waals surface area contributed by atoms with Crippen LogP contribution in [0.15, 0.2) is 30.5 Å². The minimum atomic E-state index is -1.00. The van der Waals surface area contributed by atoms with Gasteiger partial charge in [-0.1, -0.05) is 23.7 Å². The third-order valence-electron chi connectivity index (χ3n) is 6.26. The van der Waals surface area contributed by atoms with Crippen molar-refractivity contribution in [1.82, 2.24) is 25.1 Å². The van der Waals surface area contributed by atoms with E-state index in [4.69, 9.17) is 16.6 Å². The number of halogens is 1. The van der Waals surface area contributed by atoms with E-state index in [0.29, 0.717) is 24.1 Å². The molecule has 2 aliphatic rings. The highest BCUT2D eigenvalue weighted by molar-refractivity contribution is 6.30. The summed E-state index contributed by atoms with van der Waals surface area (Å²) in [7, 11) is 3.77. The van der Waals surface area contributed by atoms with Gasteiger partial charge in [0.25, 0.3) is 5.91 Å². The Bertz CT molecular complexity index is 1120. The molecule has 9 nitrogen and oxygen atoms in total. The number of nitrogens with zero attached hydrogens (tertiary/aromatic N) is 5. The summed E-state index contributed by atoms with van der Waals surface area (Å²) in [6.45, 7) is 4.02. The van der Waals surface area contributed by atoms with Crippen LogP contribution in [0.3, 0.4) is 0 Å². The number of hydrogen-bond donors (Lipinski definition) is 1. The van der Waals surface area contributed by atoms with Crippen molar-refractivity contribution >= 4 is 35.4 Å². The Morgan fingerprint density at radius 2 is 1.94 bits per heavy atom. The van der Waals surface area contributed by atoms with Crippen LogP contribution in [0.2, 0.25) is 5.02 Å². The Morgan fingerprint density at radius 3 is 2.56 bits per heavy atom. The molecule has 1 N–H and O–H groups in total. The SMILES string of the molecule is CN(C)c1ncc(-c2ccc(Cl)cc2)c(C2CCCN(C(=O)CN3C(=O)NC(C)(C)C3=O)C2)n1. The molecule has 0 spiro atoms. The van der Waals surface area contributed by atoms with Crippen molar-refractivity contribution < 1.29 is 14.4 Å². The number of carbonyl (C=O) groups is 3. The van der Waals surface area contributed by atoms with Crippen LogP contribution in [0.5, 0.6) is 0 Å². The quantitative estimate of drug-likeness (QED) is 0.655. The zero-order valence-electron chi connectivity index (χ0n) is 19.8. The van der Waals surface area contributed by atoms with E-state index in [2.05, 4.69) is 10.3 Å². The number of carbonyl (C=O) groups excluding carboxylic acids is 3. The molecule has 34 heavy (non-hydrogen) atoms. The van der Waals surface area contributed by atoms with Gasteiger partial charge in [-0.15, -0.1) is 0 Å². The molecular formula is C24H29ClN6O3. The van der Waals surface area contributed by atoms with Gasteiger partial charge in [0.2, 0.25) is 11.9 Å². The molecule has 2 aliphatic heterocycles. The van der Waals surface area contributed by atoms with Crippen molar-refractivity contribution in [3.8, 4) is 11.1 Å². The maximum atomic E-state index is 13.1. The van der Waals surface area contributed by atoms with Crippen molar-refractivity contribution in [3.05, 3.63) is 41.2 Å². The number of nitrogens with one attached hydrogen (secondary N) is 1. The summed E-state index contributed by atoms with van der Waals surface area (Å²) in [6, 6.07) is 7.00. The molecule has 10 heteroatoms. The average molecular weight is 485 g/mol. The van der Waals surface area contributed by atoms with Gasteiger partial charge < -0.3 is 15.1 Å². The maximum absolute atomic E-state index is 13.1. The predicted molar refractivity (Wildman–Crippen MR) is 130 cm³/mol. The number of benzene rings is 1. The molecule has 3 heterocycles. The van der Waals surface area contributed by atoms with Crippen LogP contribution in [0.1, 0.15) is 38.3 Å². The van der Waals surface area contributed by atoms with Crippen LogP contribution in [0, 0.1) is 0 Å². The van der Waals surface area contributed by atoms with Gasteiger partial charge in [-0.25, -0.2) is 14.8 Å². The highest BCUT2D eigenvalue weighted by atomic mass is 35.5. The smallest absolute Gasteiger partial charge is 0.325 e. The Balaban J connectivity index is 1.58. The summed E-state index contributed by atoms with van der Waals surface area (Å²) < 4.78 is 0. The number of piperidine rings is 1. The van der Waals surface area contributed by atoms with Crippen molar-refractivity contribution in [1.29, 1.82) is 0 Å². The third-order valence-corrected chi connectivity index (χ3v) is 6.51. The van der Waals surface area contributed by atoms with E-state index in [1.165, 1.54) is 0 Å². The fourth-order valence-corrected chi connectivity index (χ4v) is 4.51. The average Bonchev–Trinajstić information content (AvgIpc) is 3.00. The van der Waals surface area contributed by atoms with Gasteiger partial charge in [0.05, 0.1) is 5.69 Å². The molecule has 180 valence electrons. The molecule has 1 atom stereocenters. The summed E-state index contributed by atoms with van der Waals surface area (Å²) in [4.78, 5) is 51.8. The number of anilines is 1. The summed E-state index contributed by atoms with van der Waals surface area (Å²) >= 11 is 6.08. The monoisotopic (exact) mass is 484 g/mol. The number of likely N-dealkylation sites (tertiary alicyclic amines) is 1. The molecule has 0 bridgehead atoms. The van der Waals surface area contributed by atoms with Crippen LogP contribution in [-0.2, 0) is 9.59 Å². The lowest BCUT2D eigenvalue weighted by atomic mass is 9.90. The fraction of sp³-hybridized carbons (Fsp3) is 0.458. The van der Waals surface area contributed by atoms with Crippen LogP contribution in [0.4, 0.5) is 10.7 Å². The second kappa shape index (κ2) is 9.21. The van der Waals surface area contributed by atoms with Crippen LogP contribution >= 0.6 is 11.6 Å². The Kier molecular flexibility index (Phi) is 6.49. The van der Waals surface area contributed by atoms with E-state index in [-0.39, 0.29) is 18.4 Å². The van der Waals surface area contributed by atoms with Crippen molar-refractivity contribution in [2.75, 3.05) is 38.6 Å². The van der Waals surface area contributed by atoms with Crippen molar-refractivity contribution in [3.63, 3.8) is 0 Å². The topological polar surface area (TPSA) is 98.7 Å². The predicted octanol–water partition coefficient (Wildman–Crippen LogP) is 2.90. The Morgan fingerprint density at radius 1 is 1.24 bits per heavy atom. The molecule has 2 saturated heterocycles. The number of imide groups is 1. The highest BCUT2D eigenvalue weighted by Crippen LogP contribution is 2.34. The van der Waals surface area contributed by atoms with E-state index in [0.717, 1.165) is 34.6 Å². The normalized spacial score (nSPS) is 19.9. The van der Waals surface area contributed by atoms with Crippen molar-refractivity contribution in [2.45, 2.75) is 38.1 Å². The van der Waals surface area contributed by atoms with E-state index >= 15 is 0 Å². The summed E-state index contributed by atoms with van der Waals surface area (Å²) in [5, 5.41) is 3.27. The third kappa shape index (κ3) is 4.70. The molecule has 0 aliphatic carbocycles. The minimum absolute atomic E-state index is 0.00961. The molecule has 1 aromatic carbocycles. The molecule has 4 rings (SSSR count).